The fraction of sp³-hybridized carbons (Fsp3) is 0.231. The third kappa shape index (κ3) is 8.20. The van der Waals surface area contributed by atoms with Crippen LogP contribution in [0.5, 0.6) is 0 Å². The number of carboxylic acids is 1. The number of aryl methyl sites for hydroxylation is 1. The van der Waals surface area contributed by atoms with Gasteiger partial charge in [-0.05, 0) is 60.2 Å². The van der Waals surface area contributed by atoms with Gasteiger partial charge in [0.1, 0.15) is 6.04 Å². The van der Waals surface area contributed by atoms with Gasteiger partial charge in [-0.1, -0.05) is 66.2 Å². The van der Waals surface area contributed by atoms with Crippen LogP contribution in [0, 0.1) is 0 Å². The van der Waals surface area contributed by atoms with Gasteiger partial charge < -0.3 is 10.4 Å². The first-order chi connectivity index (χ1) is 16.7. The molecule has 7 nitrogen and oxygen atoms in total. The highest BCUT2D eigenvalue weighted by Gasteiger charge is 2.25. The molecule has 1 atom stereocenters. The molecule has 9 heteroatoms. The van der Waals surface area contributed by atoms with E-state index in [0.29, 0.717) is 24.3 Å². The van der Waals surface area contributed by atoms with E-state index in [2.05, 4.69) is 10.0 Å². The summed E-state index contributed by atoms with van der Waals surface area (Å²) in [4.78, 5) is 23.6. The highest BCUT2D eigenvalue weighted by Crippen LogP contribution is 2.23. The van der Waals surface area contributed by atoms with Gasteiger partial charge in [0.2, 0.25) is 15.9 Å². The Morgan fingerprint density at radius 1 is 0.886 bits per heavy atom. The molecule has 0 fully saturated rings. The predicted octanol–water partition coefficient (Wildman–Crippen LogP) is 4.27. The second-order valence-corrected chi connectivity index (χ2v) is 10.2. The fourth-order valence-corrected chi connectivity index (χ4v) is 4.83. The number of rotatable bonds is 12. The van der Waals surface area contributed by atoms with Crippen molar-refractivity contribution < 1.29 is 23.1 Å². The van der Waals surface area contributed by atoms with Crippen LogP contribution in [-0.2, 0) is 26.0 Å². The normalized spacial score (nSPS) is 12.1. The lowest BCUT2D eigenvalue weighted by molar-refractivity contribution is -0.139. The Kier molecular flexibility index (Phi) is 9.42. The van der Waals surface area contributed by atoms with Gasteiger partial charge in [-0.3, -0.25) is 9.59 Å². The highest BCUT2D eigenvalue weighted by atomic mass is 35.5. The number of carbonyl (C=O) groups is 2. The number of hydrogen-bond donors (Lipinski definition) is 3. The summed E-state index contributed by atoms with van der Waals surface area (Å²) in [5, 5.41) is 12.8. The lowest BCUT2D eigenvalue weighted by atomic mass is 10.1. The first kappa shape index (κ1) is 26.4. The number of halogens is 1. The number of nitrogens with one attached hydrogen (secondary N) is 2. The van der Waals surface area contributed by atoms with E-state index in [1.807, 2.05) is 42.5 Å². The zero-order chi connectivity index (χ0) is 25.3. The minimum absolute atomic E-state index is 0.0318. The van der Waals surface area contributed by atoms with Gasteiger partial charge in [0, 0.05) is 18.0 Å². The Morgan fingerprint density at radius 2 is 1.49 bits per heavy atom. The standard InChI is InChI=1S/C26H27ClN2O5S/c27-22-13-9-20(10-14-22)21-11-15-23(16-12-21)35(33,34)29-24(26(31)32)7-4-18-28-25(30)17-8-19-5-2-1-3-6-19/h1-3,5-6,9-16,24,29H,4,7-8,17-18H2,(H,28,30)(H,31,32). The van der Waals surface area contributed by atoms with Gasteiger partial charge in [-0.25, -0.2) is 8.42 Å². The average Bonchev–Trinajstić information content (AvgIpc) is 2.85. The van der Waals surface area contributed by atoms with E-state index in [9.17, 15) is 23.1 Å². The molecule has 0 aliphatic carbocycles. The van der Waals surface area contributed by atoms with E-state index >= 15 is 0 Å². The van der Waals surface area contributed by atoms with Crippen molar-refractivity contribution in [3.05, 3.63) is 89.4 Å². The SMILES string of the molecule is O=C(CCc1ccccc1)NCCCC(NS(=O)(=O)c1ccc(-c2ccc(Cl)cc2)cc1)C(=O)O. The molecule has 0 bridgehead atoms. The summed E-state index contributed by atoms with van der Waals surface area (Å²) in [6.45, 7) is 0.259. The van der Waals surface area contributed by atoms with E-state index < -0.39 is 22.0 Å². The Balaban J connectivity index is 1.50. The van der Waals surface area contributed by atoms with Crippen molar-refractivity contribution in [3.63, 3.8) is 0 Å². The van der Waals surface area contributed by atoms with E-state index in [4.69, 9.17) is 11.6 Å². The minimum Gasteiger partial charge on any atom is -0.480 e. The van der Waals surface area contributed by atoms with Crippen LogP contribution in [0.15, 0.2) is 83.8 Å². The zero-order valence-electron chi connectivity index (χ0n) is 19.0. The topological polar surface area (TPSA) is 113 Å². The van der Waals surface area contributed by atoms with Crippen LogP contribution >= 0.6 is 11.6 Å². The molecular weight excluding hydrogens is 488 g/mol. The number of benzene rings is 3. The summed E-state index contributed by atoms with van der Waals surface area (Å²) in [5.74, 6) is -1.41. The van der Waals surface area contributed by atoms with Crippen molar-refractivity contribution in [1.29, 1.82) is 0 Å². The van der Waals surface area contributed by atoms with Crippen LogP contribution in [0.4, 0.5) is 0 Å². The molecule has 35 heavy (non-hydrogen) atoms. The molecule has 0 radical (unpaired) electrons. The molecule has 0 spiro atoms. The molecule has 1 amide bonds. The molecule has 0 saturated carbocycles. The molecule has 0 saturated heterocycles. The first-order valence-corrected chi connectivity index (χ1v) is 13.0. The Labute approximate surface area is 210 Å². The van der Waals surface area contributed by atoms with Gasteiger partial charge in [0.25, 0.3) is 0 Å². The van der Waals surface area contributed by atoms with Crippen molar-refractivity contribution in [3.8, 4) is 11.1 Å². The van der Waals surface area contributed by atoms with E-state index in [1.165, 1.54) is 12.1 Å². The summed E-state index contributed by atoms with van der Waals surface area (Å²) >= 11 is 5.90. The average molecular weight is 515 g/mol. The molecule has 3 aromatic rings. The molecule has 0 aromatic heterocycles. The van der Waals surface area contributed by atoms with Crippen LogP contribution in [-0.4, -0.2) is 38.0 Å². The van der Waals surface area contributed by atoms with Gasteiger partial charge in [-0.2, -0.15) is 4.72 Å². The van der Waals surface area contributed by atoms with Crippen LogP contribution in [0.2, 0.25) is 5.02 Å². The molecule has 0 aliphatic heterocycles. The first-order valence-electron chi connectivity index (χ1n) is 11.2. The molecule has 184 valence electrons. The van der Waals surface area contributed by atoms with E-state index in [1.54, 1.807) is 24.3 Å². The van der Waals surface area contributed by atoms with Crippen molar-refractivity contribution in [1.82, 2.24) is 10.0 Å². The minimum atomic E-state index is -4.04. The second-order valence-electron chi connectivity index (χ2n) is 8.02. The van der Waals surface area contributed by atoms with E-state index in [-0.39, 0.29) is 23.8 Å². The lowest BCUT2D eigenvalue weighted by Crippen LogP contribution is -2.41. The maximum Gasteiger partial charge on any atom is 0.321 e. The number of sulfonamides is 1. The van der Waals surface area contributed by atoms with Crippen LogP contribution in [0.3, 0.4) is 0 Å². The van der Waals surface area contributed by atoms with Crippen molar-refractivity contribution >= 4 is 33.5 Å². The van der Waals surface area contributed by atoms with Crippen LogP contribution in [0.25, 0.3) is 11.1 Å². The third-order valence-electron chi connectivity index (χ3n) is 5.41. The molecule has 0 heterocycles. The number of amides is 1. The quantitative estimate of drug-likeness (QED) is 0.312. The van der Waals surface area contributed by atoms with Crippen molar-refractivity contribution in [2.45, 2.75) is 36.6 Å². The summed E-state index contributed by atoms with van der Waals surface area (Å²) in [7, 11) is -4.04. The lowest BCUT2D eigenvalue weighted by Gasteiger charge is -2.15. The molecule has 3 aromatic carbocycles. The molecule has 0 aliphatic rings. The monoisotopic (exact) mass is 514 g/mol. The molecule has 1 unspecified atom stereocenters. The van der Waals surface area contributed by atoms with Crippen molar-refractivity contribution in [2.75, 3.05) is 6.54 Å². The maximum absolute atomic E-state index is 12.7. The Hall–Kier alpha value is -3.20. The summed E-state index contributed by atoms with van der Waals surface area (Å²) < 4.78 is 27.7. The maximum atomic E-state index is 12.7. The number of carbonyl (C=O) groups excluding carboxylic acids is 1. The van der Waals surface area contributed by atoms with Crippen molar-refractivity contribution in [2.24, 2.45) is 0 Å². The van der Waals surface area contributed by atoms with Gasteiger partial charge in [-0.15, -0.1) is 0 Å². The number of hydrogen-bond acceptors (Lipinski definition) is 4. The summed E-state index contributed by atoms with van der Waals surface area (Å²) in [5.41, 5.74) is 2.74. The molecule has 3 rings (SSSR count). The van der Waals surface area contributed by atoms with Crippen LogP contribution in [0.1, 0.15) is 24.8 Å². The summed E-state index contributed by atoms with van der Waals surface area (Å²) in [6, 6.07) is 21.6. The second kappa shape index (κ2) is 12.5. The zero-order valence-corrected chi connectivity index (χ0v) is 20.6. The summed E-state index contributed by atoms with van der Waals surface area (Å²) in [6.07, 6.45) is 1.29. The van der Waals surface area contributed by atoms with Gasteiger partial charge in [0.15, 0.2) is 0 Å². The fourth-order valence-electron chi connectivity index (χ4n) is 3.48. The highest BCUT2D eigenvalue weighted by molar-refractivity contribution is 7.89. The smallest absolute Gasteiger partial charge is 0.321 e. The number of carboxylic acid groups (broad SMARTS) is 1. The van der Waals surface area contributed by atoms with Crippen LogP contribution < -0.4 is 10.0 Å². The van der Waals surface area contributed by atoms with Gasteiger partial charge >= 0.3 is 5.97 Å². The Bertz CT molecular complexity index is 1230. The van der Waals surface area contributed by atoms with Gasteiger partial charge in [0.05, 0.1) is 4.90 Å². The number of aliphatic carboxylic acids is 1. The predicted molar refractivity (Wildman–Crippen MR) is 136 cm³/mol. The Morgan fingerprint density at radius 3 is 2.09 bits per heavy atom. The third-order valence-corrected chi connectivity index (χ3v) is 7.15. The largest absolute Gasteiger partial charge is 0.480 e. The van der Waals surface area contributed by atoms with E-state index in [0.717, 1.165) is 16.7 Å². The molecule has 3 N–H and O–H groups in total. The molecular formula is C26H27ClN2O5S.